The van der Waals surface area contributed by atoms with Crippen LogP contribution in [0.25, 0.3) is 6.08 Å². The molecule has 7 nitrogen and oxygen atoms in total. The van der Waals surface area contributed by atoms with Gasteiger partial charge in [-0.15, -0.1) is 0 Å². The number of nitrogens with one attached hydrogen (secondary N) is 2. The topological polar surface area (TPSA) is 93.9 Å². The minimum Gasteiger partial charge on any atom is -0.385 e. The lowest BCUT2D eigenvalue weighted by Crippen LogP contribution is -2.29. The van der Waals surface area contributed by atoms with Crippen molar-refractivity contribution in [3.63, 3.8) is 0 Å². The molecule has 7 heteroatoms. The number of carbonyl (C=O) groups is 1. The van der Waals surface area contributed by atoms with Gasteiger partial charge in [-0.2, -0.15) is 5.26 Å². The summed E-state index contributed by atoms with van der Waals surface area (Å²) in [5.41, 5.74) is 2.50. The molecular weight excluding hydrogens is 388 g/mol. The van der Waals surface area contributed by atoms with E-state index in [1.54, 1.807) is 6.20 Å². The smallest absolute Gasteiger partial charge is 0.262 e. The summed E-state index contributed by atoms with van der Waals surface area (Å²) in [7, 11) is 0. The molecule has 0 spiro atoms. The molecule has 1 heterocycles. The van der Waals surface area contributed by atoms with Gasteiger partial charge in [0.1, 0.15) is 11.6 Å². The minimum atomic E-state index is -0.419. The normalized spacial score (nSPS) is 12.3. The third-order valence-corrected chi connectivity index (χ3v) is 5.12. The molecule has 0 saturated heterocycles. The van der Waals surface area contributed by atoms with Crippen LogP contribution in [0.15, 0.2) is 48.4 Å². The number of nitrogens with zero attached hydrogens (tertiary/aromatic N) is 4. The van der Waals surface area contributed by atoms with Crippen molar-refractivity contribution in [1.29, 1.82) is 5.26 Å². The Balaban J connectivity index is 2.00. The molecule has 0 saturated carbocycles. The Bertz CT molecular complexity index is 886. The first-order valence-corrected chi connectivity index (χ1v) is 10.9. The molecule has 0 aliphatic rings. The second kappa shape index (κ2) is 13.1. The van der Waals surface area contributed by atoms with Gasteiger partial charge < -0.3 is 15.5 Å². The zero-order valence-corrected chi connectivity index (χ0v) is 18.6. The van der Waals surface area contributed by atoms with Crippen molar-refractivity contribution in [3.8, 4) is 6.07 Å². The van der Waals surface area contributed by atoms with Crippen LogP contribution in [0.2, 0.25) is 0 Å². The van der Waals surface area contributed by atoms with E-state index in [0.29, 0.717) is 12.1 Å². The van der Waals surface area contributed by atoms with Crippen LogP contribution in [-0.2, 0) is 4.79 Å². The van der Waals surface area contributed by atoms with Crippen LogP contribution >= 0.6 is 0 Å². The van der Waals surface area contributed by atoms with E-state index in [4.69, 9.17) is 0 Å². The zero-order valence-electron chi connectivity index (χ0n) is 18.6. The summed E-state index contributed by atoms with van der Waals surface area (Å²) in [4.78, 5) is 23.1. The van der Waals surface area contributed by atoms with E-state index < -0.39 is 5.91 Å². The molecule has 1 aromatic heterocycles. The first-order chi connectivity index (χ1) is 15.1. The molecule has 2 N–H and O–H groups in total. The Hall–Kier alpha value is -3.24. The van der Waals surface area contributed by atoms with Crippen LogP contribution in [0.3, 0.4) is 0 Å². The van der Waals surface area contributed by atoms with Gasteiger partial charge >= 0.3 is 0 Å². The number of hydrogen-bond donors (Lipinski definition) is 2. The third-order valence-electron chi connectivity index (χ3n) is 5.12. The molecule has 1 atom stereocenters. The lowest BCUT2D eigenvalue weighted by molar-refractivity contribution is -0.117. The predicted octanol–water partition coefficient (Wildman–Crippen LogP) is 3.79. The maximum Gasteiger partial charge on any atom is 0.262 e. The first-order valence-electron chi connectivity index (χ1n) is 10.9. The van der Waals surface area contributed by atoms with Crippen LogP contribution in [0.5, 0.6) is 0 Å². The number of hydrogen-bond acceptors (Lipinski definition) is 6. The predicted molar refractivity (Wildman–Crippen MR) is 124 cm³/mol. The van der Waals surface area contributed by atoms with Crippen molar-refractivity contribution < 1.29 is 4.79 Å². The average Bonchev–Trinajstić information content (AvgIpc) is 2.81. The largest absolute Gasteiger partial charge is 0.385 e. The second-order valence-electron chi connectivity index (χ2n) is 7.17. The number of benzene rings is 1. The van der Waals surface area contributed by atoms with Crippen molar-refractivity contribution in [1.82, 2.24) is 20.2 Å². The van der Waals surface area contributed by atoms with Crippen LogP contribution < -0.4 is 10.6 Å². The molecule has 0 aliphatic heterocycles. The summed E-state index contributed by atoms with van der Waals surface area (Å²) in [5.74, 6) is -0.419. The van der Waals surface area contributed by atoms with E-state index in [1.807, 2.05) is 31.2 Å². The Labute approximate surface area is 185 Å². The number of anilines is 1. The monoisotopic (exact) mass is 420 g/mol. The highest BCUT2D eigenvalue weighted by atomic mass is 16.1. The fourth-order valence-electron chi connectivity index (χ4n) is 3.28. The van der Waals surface area contributed by atoms with E-state index in [0.717, 1.165) is 43.9 Å². The molecule has 2 rings (SSSR count). The number of aromatic nitrogens is 2. The molecule has 0 radical (unpaired) electrons. The fourth-order valence-corrected chi connectivity index (χ4v) is 3.28. The van der Waals surface area contributed by atoms with E-state index in [1.165, 1.54) is 18.5 Å². The number of nitriles is 1. The Morgan fingerprint density at radius 3 is 2.71 bits per heavy atom. The molecular formula is C24H32N6O. The molecule has 0 bridgehead atoms. The van der Waals surface area contributed by atoms with E-state index in [2.05, 4.69) is 45.4 Å². The highest BCUT2D eigenvalue weighted by molar-refractivity contribution is 6.01. The maximum atomic E-state index is 12.7. The van der Waals surface area contributed by atoms with Crippen molar-refractivity contribution >= 4 is 17.7 Å². The number of carbonyl (C=O) groups excluding carboxylic acids is 1. The lowest BCUT2D eigenvalue weighted by Gasteiger charge is -2.19. The van der Waals surface area contributed by atoms with Crippen LogP contribution in [0, 0.1) is 11.3 Å². The van der Waals surface area contributed by atoms with Gasteiger partial charge in [0.25, 0.3) is 5.91 Å². The lowest BCUT2D eigenvalue weighted by atomic mass is 10.0. The van der Waals surface area contributed by atoms with Gasteiger partial charge in [-0.3, -0.25) is 14.8 Å². The van der Waals surface area contributed by atoms with Crippen LogP contribution in [0.1, 0.15) is 50.9 Å². The SMILES string of the molecule is CCC(NC(=O)/C(C#N)=C/c1cnccn1)c1cccc(NCCCN(CC)CC)c1. The summed E-state index contributed by atoms with van der Waals surface area (Å²) in [6.07, 6.45) is 7.80. The standard InChI is InChI=1S/C24H32N6O/c1-4-23(29-24(31)20(17-25)16-22-18-26-12-13-28-22)19-9-7-10-21(15-19)27-11-8-14-30(5-2)6-3/h7,9-10,12-13,15-16,18,23,27H,4-6,8,11,14H2,1-3H3,(H,29,31)/b20-16+. The quantitative estimate of drug-likeness (QED) is 0.308. The van der Waals surface area contributed by atoms with E-state index >= 15 is 0 Å². The molecule has 0 fully saturated rings. The van der Waals surface area contributed by atoms with Crippen molar-refractivity contribution in [2.75, 3.05) is 31.5 Å². The van der Waals surface area contributed by atoms with Crippen LogP contribution in [0.4, 0.5) is 5.69 Å². The third kappa shape index (κ3) is 7.83. The second-order valence-corrected chi connectivity index (χ2v) is 7.17. The maximum absolute atomic E-state index is 12.7. The molecule has 1 amide bonds. The van der Waals surface area contributed by atoms with E-state index in [-0.39, 0.29) is 11.6 Å². The molecule has 2 aromatic rings. The first kappa shape index (κ1) is 24.0. The van der Waals surface area contributed by atoms with Crippen molar-refractivity contribution in [2.24, 2.45) is 0 Å². The number of amides is 1. The highest BCUT2D eigenvalue weighted by Crippen LogP contribution is 2.21. The molecule has 164 valence electrons. The summed E-state index contributed by atoms with van der Waals surface area (Å²) in [5, 5.41) is 15.8. The molecule has 0 aliphatic carbocycles. The molecule has 1 unspecified atom stereocenters. The van der Waals surface area contributed by atoms with Gasteiger partial charge in [0.15, 0.2) is 0 Å². The van der Waals surface area contributed by atoms with Gasteiger partial charge in [0.05, 0.1) is 17.9 Å². The van der Waals surface area contributed by atoms with Gasteiger partial charge in [0.2, 0.25) is 0 Å². The van der Waals surface area contributed by atoms with Crippen molar-refractivity contribution in [2.45, 2.75) is 39.7 Å². The van der Waals surface area contributed by atoms with E-state index in [9.17, 15) is 10.1 Å². The van der Waals surface area contributed by atoms with Gasteiger partial charge in [-0.05, 0) is 56.2 Å². The molecule has 31 heavy (non-hydrogen) atoms. The summed E-state index contributed by atoms with van der Waals surface area (Å²) >= 11 is 0. The number of rotatable bonds is 12. The summed E-state index contributed by atoms with van der Waals surface area (Å²) in [6, 6.07) is 9.84. The van der Waals surface area contributed by atoms with Gasteiger partial charge in [-0.1, -0.05) is 32.9 Å². The Morgan fingerprint density at radius 1 is 1.26 bits per heavy atom. The van der Waals surface area contributed by atoms with Crippen molar-refractivity contribution in [3.05, 3.63) is 59.7 Å². The zero-order chi connectivity index (χ0) is 22.5. The Kier molecular flexibility index (Phi) is 10.2. The van der Waals surface area contributed by atoms with Crippen LogP contribution in [-0.4, -0.2) is 47.0 Å². The fraction of sp³-hybridized carbons (Fsp3) is 0.417. The summed E-state index contributed by atoms with van der Waals surface area (Å²) in [6.45, 7) is 10.5. The average molecular weight is 421 g/mol. The van der Waals surface area contributed by atoms with Gasteiger partial charge in [-0.25, -0.2) is 0 Å². The molecule has 1 aromatic carbocycles. The minimum absolute atomic E-state index is 0.00429. The van der Waals surface area contributed by atoms with Gasteiger partial charge in [0, 0.05) is 24.6 Å². The summed E-state index contributed by atoms with van der Waals surface area (Å²) < 4.78 is 0. The Morgan fingerprint density at radius 2 is 2.06 bits per heavy atom. The highest BCUT2D eigenvalue weighted by Gasteiger charge is 2.16.